The number of nitriles is 1. The highest BCUT2D eigenvalue weighted by molar-refractivity contribution is 9.10. The van der Waals surface area contributed by atoms with Crippen LogP contribution in [0.15, 0.2) is 45.0 Å². The maximum absolute atomic E-state index is 12.1. The largest absolute Gasteiger partial charge is 0.490 e. The molecule has 0 spiro atoms. The average Bonchev–Trinajstić information content (AvgIpc) is 3.08. The first kappa shape index (κ1) is 20.3. The molecule has 0 saturated carbocycles. The molecule has 0 unspecified atom stereocenters. The van der Waals surface area contributed by atoms with E-state index in [0.717, 1.165) is 0 Å². The lowest BCUT2D eigenvalue weighted by Gasteiger charge is -2.11. The number of halogens is 1. The molecule has 0 amide bonds. The second kappa shape index (κ2) is 9.59. The topological polar surface area (TPSA) is 98.8 Å². The summed E-state index contributed by atoms with van der Waals surface area (Å²) in [6, 6.07) is 9.50. The number of carbonyl (C=O) groups is 2. The molecule has 2 aromatic rings. The zero-order chi connectivity index (χ0) is 19.8. The molecule has 2 rings (SSSR count). The molecule has 0 aliphatic heterocycles. The molecule has 8 heteroatoms. The molecule has 140 valence electrons. The zero-order valence-corrected chi connectivity index (χ0v) is 16.2. The summed E-state index contributed by atoms with van der Waals surface area (Å²) >= 11 is 3.12. The minimum atomic E-state index is -0.711. The molecule has 0 atom stereocenters. The average molecular weight is 434 g/mol. The monoisotopic (exact) mass is 433 g/mol. The van der Waals surface area contributed by atoms with Gasteiger partial charge in [0.25, 0.3) is 0 Å². The molecule has 0 aliphatic rings. The van der Waals surface area contributed by atoms with Crippen molar-refractivity contribution in [2.24, 2.45) is 0 Å². The molecular weight excluding hydrogens is 418 g/mol. The van der Waals surface area contributed by atoms with E-state index >= 15 is 0 Å². The second-order valence-electron chi connectivity index (χ2n) is 5.02. The number of carbonyl (C=O) groups excluding carboxylic acids is 2. The molecule has 0 aliphatic carbocycles. The quantitative estimate of drug-likeness (QED) is 0.280. The van der Waals surface area contributed by atoms with E-state index in [4.69, 9.17) is 23.9 Å². The van der Waals surface area contributed by atoms with Crippen LogP contribution >= 0.6 is 15.9 Å². The Hall–Kier alpha value is -3.05. The van der Waals surface area contributed by atoms with E-state index < -0.39 is 11.9 Å². The fourth-order valence-electron chi connectivity index (χ4n) is 2.05. The van der Waals surface area contributed by atoms with Crippen LogP contribution in [0.4, 0.5) is 0 Å². The molecule has 1 aromatic heterocycles. The van der Waals surface area contributed by atoms with Crippen LogP contribution < -0.4 is 9.47 Å². The highest BCUT2D eigenvalue weighted by Crippen LogP contribution is 2.30. The van der Waals surface area contributed by atoms with Crippen LogP contribution in [0.1, 0.15) is 30.0 Å². The van der Waals surface area contributed by atoms with Crippen molar-refractivity contribution in [1.82, 2.24) is 0 Å². The summed E-state index contributed by atoms with van der Waals surface area (Å²) in [4.78, 5) is 23.9. The van der Waals surface area contributed by atoms with Crippen LogP contribution in [-0.2, 0) is 9.53 Å². The summed E-state index contributed by atoms with van der Waals surface area (Å²) in [5, 5.41) is 9.12. The van der Waals surface area contributed by atoms with Gasteiger partial charge in [-0.2, -0.15) is 5.26 Å². The molecule has 0 bridgehead atoms. The van der Waals surface area contributed by atoms with E-state index in [9.17, 15) is 9.59 Å². The first-order valence-corrected chi connectivity index (χ1v) is 8.81. The highest BCUT2D eigenvalue weighted by atomic mass is 79.9. The van der Waals surface area contributed by atoms with E-state index in [-0.39, 0.29) is 29.4 Å². The van der Waals surface area contributed by atoms with Gasteiger partial charge in [0.2, 0.25) is 5.76 Å². The number of nitrogens with zero attached hydrogens (tertiary/aromatic N) is 1. The Balaban J connectivity index is 2.29. The third kappa shape index (κ3) is 5.46. The van der Waals surface area contributed by atoms with Crippen molar-refractivity contribution in [1.29, 1.82) is 5.26 Å². The molecule has 0 radical (unpaired) electrons. The highest BCUT2D eigenvalue weighted by Gasteiger charge is 2.17. The van der Waals surface area contributed by atoms with Gasteiger partial charge in [-0.05, 0) is 65.7 Å². The SMILES string of the molecule is CCOC(=O)/C(C#N)=C/c1ccc(OC(=O)c2ccc(Br)o2)c(OCC)c1. The van der Waals surface area contributed by atoms with Gasteiger partial charge in [0.15, 0.2) is 16.2 Å². The summed E-state index contributed by atoms with van der Waals surface area (Å²) in [6.45, 7) is 3.92. The Morgan fingerprint density at radius 2 is 1.96 bits per heavy atom. The van der Waals surface area contributed by atoms with Crippen molar-refractivity contribution in [2.75, 3.05) is 13.2 Å². The summed E-state index contributed by atoms with van der Waals surface area (Å²) in [5.74, 6) is -0.902. The van der Waals surface area contributed by atoms with Gasteiger partial charge in [0, 0.05) is 0 Å². The maximum atomic E-state index is 12.1. The Morgan fingerprint density at radius 1 is 1.19 bits per heavy atom. The number of hydrogen-bond donors (Lipinski definition) is 0. The predicted molar refractivity (Wildman–Crippen MR) is 99.2 cm³/mol. The van der Waals surface area contributed by atoms with Gasteiger partial charge in [-0.1, -0.05) is 6.07 Å². The van der Waals surface area contributed by atoms with Gasteiger partial charge in [-0.3, -0.25) is 0 Å². The normalized spacial score (nSPS) is 10.8. The lowest BCUT2D eigenvalue weighted by atomic mass is 10.1. The fraction of sp³-hybridized carbons (Fsp3) is 0.211. The van der Waals surface area contributed by atoms with E-state index in [1.165, 1.54) is 18.2 Å². The number of hydrogen-bond acceptors (Lipinski definition) is 7. The van der Waals surface area contributed by atoms with Crippen LogP contribution in [0.2, 0.25) is 0 Å². The molecule has 1 aromatic carbocycles. The van der Waals surface area contributed by atoms with Crippen molar-refractivity contribution in [2.45, 2.75) is 13.8 Å². The van der Waals surface area contributed by atoms with Gasteiger partial charge < -0.3 is 18.6 Å². The standard InChI is InChI=1S/C19H16BrNO6/c1-3-24-16-10-12(9-13(11-21)18(22)25-4-2)5-6-14(16)27-19(23)15-7-8-17(20)26-15/h5-10H,3-4H2,1-2H3/b13-9+. The third-order valence-corrected chi connectivity index (χ3v) is 3.60. The zero-order valence-electron chi connectivity index (χ0n) is 14.7. The molecule has 1 heterocycles. The number of furan rings is 1. The summed E-state index contributed by atoms with van der Waals surface area (Å²) in [6.07, 6.45) is 1.37. The predicted octanol–water partition coefficient (Wildman–Crippen LogP) is 4.13. The van der Waals surface area contributed by atoms with Gasteiger partial charge in [0.1, 0.15) is 11.6 Å². The Bertz CT molecular complexity index is 909. The van der Waals surface area contributed by atoms with Crippen molar-refractivity contribution in [3.63, 3.8) is 0 Å². The van der Waals surface area contributed by atoms with Crippen molar-refractivity contribution >= 4 is 33.9 Å². The molecule has 27 heavy (non-hydrogen) atoms. The van der Waals surface area contributed by atoms with Gasteiger partial charge in [-0.25, -0.2) is 9.59 Å². The van der Waals surface area contributed by atoms with Gasteiger partial charge in [0.05, 0.1) is 13.2 Å². The van der Waals surface area contributed by atoms with E-state index in [1.807, 2.05) is 0 Å². The second-order valence-corrected chi connectivity index (χ2v) is 5.80. The van der Waals surface area contributed by atoms with Gasteiger partial charge in [-0.15, -0.1) is 0 Å². The fourth-order valence-corrected chi connectivity index (χ4v) is 2.36. The summed E-state index contributed by atoms with van der Waals surface area (Å²) < 4.78 is 21.2. The maximum Gasteiger partial charge on any atom is 0.379 e. The molecule has 0 saturated heterocycles. The van der Waals surface area contributed by atoms with Crippen molar-refractivity contribution < 1.29 is 28.2 Å². The number of ether oxygens (including phenoxy) is 3. The number of rotatable bonds is 7. The van der Waals surface area contributed by atoms with Crippen LogP contribution in [0.25, 0.3) is 6.08 Å². The summed E-state index contributed by atoms with van der Waals surface area (Å²) in [7, 11) is 0. The first-order valence-electron chi connectivity index (χ1n) is 8.01. The first-order chi connectivity index (χ1) is 13.0. The third-order valence-electron chi connectivity index (χ3n) is 3.17. The minimum Gasteiger partial charge on any atom is -0.490 e. The molecule has 0 fully saturated rings. The van der Waals surface area contributed by atoms with Crippen molar-refractivity contribution in [3.8, 4) is 17.6 Å². The molecule has 0 N–H and O–H groups in total. The Labute approximate surface area is 164 Å². The molecular formula is C19H16BrNO6. The number of esters is 2. The Kier molecular flexibility index (Phi) is 7.20. The molecule has 7 nitrogen and oxygen atoms in total. The lowest BCUT2D eigenvalue weighted by Crippen LogP contribution is -2.09. The summed E-state index contributed by atoms with van der Waals surface area (Å²) in [5.41, 5.74) is 0.369. The van der Waals surface area contributed by atoms with Crippen LogP contribution in [-0.4, -0.2) is 25.2 Å². The van der Waals surface area contributed by atoms with Crippen LogP contribution in [0, 0.1) is 11.3 Å². The minimum absolute atomic E-state index is 0.0300. The van der Waals surface area contributed by atoms with E-state index in [1.54, 1.807) is 38.1 Å². The van der Waals surface area contributed by atoms with Crippen LogP contribution in [0.5, 0.6) is 11.5 Å². The lowest BCUT2D eigenvalue weighted by molar-refractivity contribution is -0.137. The van der Waals surface area contributed by atoms with E-state index in [2.05, 4.69) is 15.9 Å². The number of benzene rings is 1. The smallest absolute Gasteiger partial charge is 0.379 e. The van der Waals surface area contributed by atoms with Gasteiger partial charge >= 0.3 is 11.9 Å². The Morgan fingerprint density at radius 3 is 2.56 bits per heavy atom. The van der Waals surface area contributed by atoms with E-state index in [0.29, 0.717) is 16.8 Å². The van der Waals surface area contributed by atoms with Crippen LogP contribution in [0.3, 0.4) is 0 Å². The van der Waals surface area contributed by atoms with Crippen molar-refractivity contribution in [3.05, 3.63) is 51.9 Å².